The van der Waals surface area contributed by atoms with E-state index < -0.39 is 0 Å². The summed E-state index contributed by atoms with van der Waals surface area (Å²) in [6, 6.07) is 8.18. The molecule has 0 aliphatic carbocycles. The van der Waals surface area contributed by atoms with Crippen LogP contribution in [0, 0.1) is 5.92 Å². The lowest BCUT2D eigenvalue weighted by Crippen LogP contribution is -2.30. The number of benzene rings is 1. The molecule has 0 aliphatic rings. The third-order valence-corrected chi connectivity index (χ3v) is 3.39. The molecule has 0 radical (unpaired) electrons. The summed E-state index contributed by atoms with van der Waals surface area (Å²) in [6.45, 7) is 8.53. The average Bonchev–Trinajstić information content (AvgIpc) is 2.26. The van der Waals surface area contributed by atoms with Crippen LogP contribution in [0.25, 0.3) is 0 Å². The van der Waals surface area contributed by atoms with Crippen LogP contribution in [0.3, 0.4) is 0 Å². The summed E-state index contributed by atoms with van der Waals surface area (Å²) in [4.78, 5) is 0. The first kappa shape index (κ1) is 15.7. The third kappa shape index (κ3) is 5.09. The first-order valence-corrected chi connectivity index (χ1v) is 7.36. The van der Waals surface area contributed by atoms with Gasteiger partial charge in [-0.25, -0.2) is 0 Å². The van der Waals surface area contributed by atoms with Gasteiger partial charge in [0, 0.05) is 10.5 Å². The first-order valence-electron chi connectivity index (χ1n) is 6.56. The van der Waals surface area contributed by atoms with Gasteiger partial charge in [0.25, 0.3) is 0 Å². The molecular formula is C15H24BrNO. The molecule has 0 heterocycles. The Bertz CT molecular complexity index is 348. The molecule has 0 fully saturated rings. The Morgan fingerprint density at radius 2 is 1.67 bits per heavy atom. The molecule has 0 aliphatic heterocycles. The standard InChI is InChI=1S/C15H24BrNO/c1-10(2)9-11(3)18-15(12(4)17)13-5-7-14(16)8-6-13/h5-8,10-12,15H,9,17H2,1-4H3. The monoisotopic (exact) mass is 313 g/mol. The molecule has 1 rings (SSSR count). The highest BCUT2D eigenvalue weighted by Gasteiger charge is 2.20. The summed E-state index contributed by atoms with van der Waals surface area (Å²) in [6.07, 6.45) is 1.25. The van der Waals surface area contributed by atoms with Crippen LogP contribution in [0.4, 0.5) is 0 Å². The highest BCUT2D eigenvalue weighted by atomic mass is 79.9. The van der Waals surface area contributed by atoms with E-state index in [0.717, 1.165) is 16.5 Å². The minimum atomic E-state index is -0.0353. The molecule has 0 spiro atoms. The van der Waals surface area contributed by atoms with Crippen LogP contribution in [0.1, 0.15) is 45.8 Å². The fourth-order valence-corrected chi connectivity index (χ4v) is 2.39. The Morgan fingerprint density at radius 3 is 2.11 bits per heavy atom. The van der Waals surface area contributed by atoms with Crippen LogP contribution >= 0.6 is 15.9 Å². The quantitative estimate of drug-likeness (QED) is 0.850. The zero-order valence-corrected chi connectivity index (χ0v) is 13.3. The number of halogens is 1. The van der Waals surface area contributed by atoms with Crippen molar-refractivity contribution >= 4 is 15.9 Å². The van der Waals surface area contributed by atoms with E-state index in [0.29, 0.717) is 5.92 Å². The Kier molecular flexibility index (Phi) is 6.33. The second-order valence-corrected chi connectivity index (χ2v) is 6.32. The molecule has 3 heteroatoms. The van der Waals surface area contributed by atoms with Crippen LogP contribution in [-0.4, -0.2) is 12.1 Å². The maximum atomic E-state index is 6.11. The lowest BCUT2D eigenvalue weighted by atomic mass is 10.0. The first-order chi connectivity index (χ1) is 8.40. The van der Waals surface area contributed by atoms with E-state index in [1.165, 1.54) is 0 Å². The van der Waals surface area contributed by atoms with Gasteiger partial charge in [0.2, 0.25) is 0 Å². The van der Waals surface area contributed by atoms with Crippen LogP contribution in [0.2, 0.25) is 0 Å². The highest BCUT2D eigenvalue weighted by molar-refractivity contribution is 9.10. The molecule has 0 bridgehead atoms. The Labute approximate surface area is 119 Å². The molecule has 3 atom stereocenters. The van der Waals surface area contributed by atoms with Crippen molar-refractivity contribution in [1.82, 2.24) is 0 Å². The van der Waals surface area contributed by atoms with E-state index in [1.54, 1.807) is 0 Å². The largest absolute Gasteiger partial charge is 0.369 e. The van der Waals surface area contributed by atoms with Gasteiger partial charge in [0.05, 0.1) is 12.2 Å². The Hall–Kier alpha value is -0.380. The number of hydrogen-bond acceptors (Lipinski definition) is 2. The lowest BCUT2D eigenvalue weighted by molar-refractivity contribution is -0.0237. The summed E-state index contributed by atoms with van der Waals surface area (Å²) in [5, 5.41) is 0. The fourth-order valence-electron chi connectivity index (χ4n) is 2.13. The van der Waals surface area contributed by atoms with Crippen LogP contribution in [0.5, 0.6) is 0 Å². The lowest BCUT2D eigenvalue weighted by Gasteiger charge is -2.26. The van der Waals surface area contributed by atoms with E-state index in [4.69, 9.17) is 10.5 Å². The topological polar surface area (TPSA) is 35.2 Å². The van der Waals surface area contributed by atoms with Crippen molar-refractivity contribution in [2.75, 3.05) is 0 Å². The number of ether oxygens (including phenoxy) is 1. The minimum absolute atomic E-state index is 0.0132. The second kappa shape index (κ2) is 7.27. The van der Waals surface area contributed by atoms with Crippen molar-refractivity contribution in [3.05, 3.63) is 34.3 Å². The molecule has 0 saturated carbocycles. The summed E-state index contributed by atoms with van der Waals surface area (Å²) >= 11 is 3.44. The number of hydrogen-bond donors (Lipinski definition) is 1. The van der Waals surface area contributed by atoms with Crippen molar-refractivity contribution in [2.24, 2.45) is 11.7 Å². The highest BCUT2D eigenvalue weighted by Crippen LogP contribution is 2.25. The molecule has 102 valence electrons. The molecule has 1 aromatic carbocycles. The zero-order valence-electron chi connectivity index (χ0n) is 11.7. The smallest absolute Gasteiger partial charge is 0.0976 e. The number of nitrogens with two attached hydrogens (primary N) is 1. The summed E-state index contributed by atoms with van der Waals surface area (Å²) in [5.74, 6) is 0.638. The van der Waals surface area contributed by atoms with E-state index in [1.807, 2.05) is 19.1 Å². The van der Waals surface area contributed by atoms with Gasteiger partial charge in [-0.3, -0.25) is 0 Å². The van der Waals surface area contributed by atoms with Gasteiger partial charge < -0.3 is 10.5 Å². The average molecular weight is 314 g/mol. The molecule has 1 aromatic rings. The van der Waals surface area contributed by atoms with Gasteiger partial charge in [-0.05, 0) is 43.9 Å². The molecule has 0 aromatic heterocycles. The normalized spacial score (nSPS) is 16.6. The van der Waals surface area contributed by atoms with E-state index in [2.05, 4.69) is 48.8 Å². The summed E-state index contributed by atoms with van der Waals surface area (Å²) in [7, 11) is 0. The van der Waals surface area contributed by atoms with Crippen molar-refractivity contribution in [3.8, 4) is 0 Å². The predicted octanol–water partition coefficient (Wildman–Crippen LogP) is 4.29. The van der Waals surface area contributed by atoms with Gasteiger partial charge >= 0.3 is 0 Å². The van der Waals surface area contributed by atoms with Crippen LogP contribution < -0.4 is 5.73 Å². The fraction of sp³-hybridized carbons (Fsp3) is 0.600. The summed E-state index contributed by atoms with van der Waals surface area (Å²) < 4.78 is 7.18. The maximum absolute atomic E-state index is 6.11. The van der Waals surface area contributed by atoms with Crippen LogP contribution in [0.15, 0.2) is 28.7 Å². The van der Waals surface area contributed by atoms with Crippen molar-refractivity contribution in [1.29, 1.82) is 0 Å². The third-order valence-electron chi connectivity index (χ3n) is 2.86. The van der Waals surface area contributed by atoms with Gasteiger partial charge in [-0.1, -0.05) is 41.9 Å². The molecule has 3 unspecified atom stereocenters. The molecule has 2 nitrogen and oxygen atoms in total. The predicted molar refractivity (Wildman–Crippen MR) is 80.5 cm³/mol. The van der Waals surface area contributed by atoms with Crippen molar-refractivity contribution in [3.63, 3.8) is 0 Å². The van der Waals surface area contributed by atoms with Gasteiger partial charge in [0.1, 0.15) is 0 Å². The Balaban J connectivity index is 2.74. The van der Waals surface area contributed by atoms with Crippen molar-refractivity contribution < 1.29 is 4.74 Å². The Morgan fingerprint density at radius 1 is 1.11 bits per heavy atom. The molecular weight excluding hydrogens is 290 g/mol. The van der Waals surface area contributed by atoms with Crippen LogP contribution in [-0.2, 0) is 4.74 Å². The summed E-state index contributed by atoms with van der Waals surface area (Å²) in [5.41, 5.74) is 7.19. The zero-order chi connectivity index (χ0) is 13.7. The van der Waals surface area contributed by atoms with E-state index in [-0.39, 0.29) is 18.2 Å². The van der Waals surface area contributed by atoms with Crippen molar-refractivity contribution in [2.45, 2.75) is 52.4 Å². The van der Waals surface area contributed by atoms with E-state index >= 15 is 0 Å². The second-order valence-electron chi connectivity index (χ2n) is 5.41. The maximum Gasteiger partial charge on any atom is 0.0976 e. The number of rotatable bonds is 6. The SMILES string of the molecule is CC(C)CC(C)OC(c1ccc(Br)cc1)C(C)N. The van der Waals surface area contributed by atoms with Gasteiger partial charge in [-0.15, -0.1) is 0 Å². The minimum Gasteiger partial charge on any atom is -0.369 e. The van der Waals surface area contributed by atoms with Gasteiger partial charge in [-0.2, -0.15) is 0 Å². The molecule has 0 saturated heterocycles. The molecule has 2 N–H and O–H groups in total. The molecule has 18 heavy (non-hydrogen) atoms. The van der Waals surface area contributed by atoms with E-state index in [9.17, 15) is 0 Å². The molecule has 0 amide bonds. The van der Waals surface area contributed by atoms with Gasteiger partial charge in [0.15, 0.2) is 0 Å².